The van der Waals surface area contributed by atoms with Crippen molar-refractivity contribution in [2.24, 2.45) is 5.92 Å². The molecule has 5 atom stereocenters. The van der Waals surface area contributed by atoms with Crippen LogP contribution in [-0.2, 0) is 32.7 Å². The predicted molar refractivity (Wildman–Crippen MR) is 208 cm³/mol. The van der Waals surface area contributed by atoms with Crippen molar-refractivity contribution < 1.29 is 58.0 Å². The van der Waals surface area contributed by atoms with Crippen molar-refractivity contribution in [3.8, 4) is 0 Å². The van der Waals surface area contributed by atoms with Gasteiger partial charge in [0.25, 0.3) is 0 Å². The zero-order chi connectivity index (χ0) is 39.6. The van der Waals surface area contributed by atoms with Crippen molar-refractivity contribution in [1.29, 1.82) is 0 Å². The van der Waals surface area contributed by atoms with Crippen molar-refractivity contribution in [3.05, 3.63) is 72.9 Å². The molecular weight excluding hydrogens is 703 g/mol. The normalized spacial score (nSPS) is 16.1. The summed E-state index contributed by atoms with van der Waals surface area (Å²) in [6.45, 7) is 4.13. The lowest BCUT2D eigenvalue weighted by atomic mass is 10.0. The van der Waals surface area contributed by atoms with Gasteiger partial charge < -0.3 is 34.8 Å². The minimum absolute atomic E-state index is 0.00578. The first-order valence-corrected chi connectivity index (χ1v) is 20.5. The molecule has 0 radical (unpaired) electrons. The van der Waals surface area contributed by atoms with Crippen LogP contribution in [0.2, 0.25) is 0 Å². The number of phosphoric acid groups is 1. The van der Waals surface area contributed by atoms with E-state index < -0.39 is 64.0 Å². The topological polar surface area (TPSA) is 189 Å². The summed E-state index contributed by atoms with van der Waals surface area (Å²) in [5, 5.41) is 38.2. The minimum Gasteiger partial charge on any atom is -0.462 e. The van der Waals surface area contributed by atoms with Gasteiger partial charge in [-0.1, -0.05) is 132 Å². The van der Waals surface area contributed by atoms with Gasteiger partial charge in [-0.05, 0) is 44.4 Å². The quantitative estimate of drug-likeness (QED) is 0.0150. The lowest BCUT2D eigenvalue weighted by Gasteiger charge is -2.20. The number of hydrogen-bond acceptors (Lipinski definition) is 11. The molecule has 0 spiro atoms. The SMILES string of the molecule is CC/C=C\C[C@H](O)/C=C/C=C\C/C=C\C=C\[C@H](O)/C=C\CCCC(=O)O[C@H](COC(=O)CCCCCCCCC(C)C)COP(=O)(O)OC[C@@H](O)CO. The third-order valence-electron chi connectivity index (χ3n) is 7.48. The molecule has 0 heterocycles. The molecule has 53 heavy (non-hydrogen) atoms. The van der Waals surface area contributed by atoms with Crippen LogP contribution in [0, 0.1) is 5.92 Å². The van der Waals surface area contributed by atoms with E-state index >= 15 is 0 Å². The molecule has 304 valence electrons. The predicted octanol–water partition coefficient (Wildman–Crippen LogP) is 7.12. The molecule has 0 aromatic carbocycles. The zero-order valence-electron chi connectivity index (χ0n) is 32.1. The highest BCUT2D eigenvalue weighted by Crippen LogP contribution is 2.43. The number of allylic oxidation sites excluding steroid dienone is 8. The average molecular weight is 771 g/mol. The summed E-state index contributed by atoms with van der Waals surface area (Å²) >= 11 is 0. The summed E-state index contributed by atoms with van der Waals surface area (Å²) in [6.07, 6.45) is 28.5. The van der Waals surface area contributed by atoms with Gasteiger partial charge in [0.2, 0.25) is 0 Å². The van der Waals surface area contributed by atoms with Crippen LogP contribution in [0.3, 0.4) is 0 Å². The molecule has 0 bridgehead atoms. The average Bonchev–Trinajstić information content (AvgIpc) is 3.11. The van der Waals surface area contributed by atoms with E-state index in [1.165, 1.54) is 19.3 Å². The lowest BCUT2D eigenvalue weighted by Crippen LogP contribution is -2.29. The van der Waals surface area contributed by atoms with E-state index in [-0.39, 0.29) is 19.4 Å². The number of ether oxygens (including phenoxy) is 2. The Kier molecular flexibility index (Phi) is 32.2. The maximum Gasteiger partial charge on any atom is 0.472 e. The van der Waals surface area contributed by atoms with Crippen molar-refractivity contribution in [1.82, 2.24) is 0 Å². The van der Waals surface area contributed by atoms with Gasteiger partial charge >= 0.3 is 19.8 Å². The number of carbonyl (C=O) groups excluding carboxylic acids is 2. The Balaban J connectivity index is 4.66. The van der Waals surface area contributed by atoms with Gasteiger partial charge in [0.05, 0.1) is 32.0 Å². The van der Waals surface area contributed by atoms with Crippen molar-refractivity contribution in [2.75, 3.05) is 26.4 Å². The van der Waals surface area contributed by atoms with E-state index in [1.807, 2.05) is 49.5 Å². The van der Waals surface area contributed by atoms with Crippen LogP contribution >= 0.6 is 7.82 Å². The molecule has 1 unspecified atom stereocenters. The molecule has 5 N–H and O–H groups in total. The van der Waals surface area contributed by atoms with Crippen molar-refractivity contribution in [3.63, 3.8) is 0 Å². The van der Waals surface area contributed by atoms with Gasteiger partial charge in [-0.3, -0.25) is 18.6 Å². The summed E-state index contributed by atoms with van der Waals surface area (Å²) in [7, 11) is -4.67. The minimum atomic E-state index is -4.67. The highest BCUT2D eigenvalue weighted by molar-refractivity contribution is 7.47. The number of rotatable bonds is 33. The number of carbonyl (C=O) groups is 2. The fourth-order valence-electron chi connectivity index (χ4n) is 4.50. The smallest absolute Gasteiger partial charge is 0.462 e. The van der Waals surface area contributed by atoms with Crippen LogP contribution in [0.1, 0.15) is 111 Å². The number of aliphatic hydroxyl groups is 4. The molecule has 12 nitrogen and oxygen atoms in total. The van der Waals surface area contributed by atoms with E-state index in [4.69, 9.17) is 19.1 Å². The first-order chi connectivity index (χ1) is 25.4. The molecular formula is C40H67O12P. The largest absolute Gasteiger partial charge is 0.472 e. The second-order valence-corrected chi connectivity index (χ2v) is 14.6. The Bertz CT molecular complexity index is 1160. The van der Waals surface area contributed by atoms with E-state index in [9.17, 15) is 34.4 Å². The standard InChI is InChI=1S/C40H67O12P/c1-4-5-16-24-35(42)25-18-12-7-6-8-13-19-26-36(43)27-20-15-22-29-40(46)52-38(33-51-53(47,48)50-31-37(44)30-41)32-49-39(45)28-21-14-10-9-11-17-23-34(2)3/h5,7-8,12-13,16,18-20,25-27,34-38,41-44H,4,6,9-11,14-15,17,21-24,28-33H2,1-3H3,(H,47,48)/b12-7-,13-8-,16-5-,25-18+,26-19+,27-20-/t35-,36-,37-,38+/m0/s1. The summed E-state index contributed by atoms with van der Waals surface area (Å²) in [5.41, 5.74) is 0. The molecule has 13 heteroatoms. The maximum absolute atomic E-state index is 12.5. The second kappa shape index (κ2) is 33.9. The Morgan fingerprint density at radius 3 is 2.04 bits per heavy atom. The summed E-state index contributed by atoms with van der Waals surface area (Å²) in [6, 6.07) is 0. The van der Waals surface area contributed by atoms with E-state index in [2.05, 4.69) is 18.4 Å². The summed E-state index contributed by atoms with van der Waals surface area (Å²) < 4.78 is 32.4. The lowest BCUT2D eigenvalue weighted by molar-refractivity contribution is -0.161. The van der Waals surface area contributed by atoms with Crippen molar-refractivity contribution in [2.45, 2.75) is 135 Å². The fourth-order valence-corrected chi connectivity index (χ4v) is 5.29. The number of aliphatic hydroxyl groups excluding tert-OH is 4. The number of hydrogen-bond donors (Lipinski definition) is 5. The fraction of sp³-hybridized carbons (Fsp3) is 0.650. The Morgan fingerprint density at radius 2 is 1.36 bits per heavy atom. The molecule has 0 rings (SSSR count). The Hall–Kier alpha value is -2.67. The summed E-state index contributed by atoms with van der Waals surface area (Å²) in [5.74, 6) is -0.422. The van der Waals surface area contributed by atoms with Crippen LogP contribution in [0.4, 0.5) is 0 Å². The van der Waals surface area contributed by atoms with E-state index in [0.29, 0.717) is 38.0 Å². The molecule has 0 aliphatic rings. The second-order valence-electron chi connectivity index (χ2n) is 13.1. The summed E-state index contributed by atoms with van der Waals surface area (Å²) in [4.78, 5) is 34.7. The van der Waals surface area contributed by atoms with E-state index in [1.54, 1.807) is 30.4 Å². The molecule has 0 saturated heterocycles. The van der Waals surface area contributed by atoms with Crippen LogP contribution in [-0.4, -0.2) is 88.1 Å². The molecule has 0 aliphatic carbocycles. The third-order valence-corrected chi connectivity index (χ3v) is 8.43. The number of unbranched alkanes of at least 4 members (excludes halogenated alkanes) is 6. The Morgan fingerprint density at radius 1 is 0.717 bits per heavy atom. The van der Waals surface area contributed by atoms with Gasteiger partial charge in [0.1, 0.15) is 12.7 Å². The molecule has 0 aromatic rings. The highest BCUT2D eigenvalue weighted by Gasteiger charge is 2.27. The molecule has 0 aromatic heterocycles. The van der Waals surface area contributed by atoms with Gasteiger partial charge in [0, 0.05) is 12.8 Å². The van der Waals surface area contributed by atoms with Crippen LogP contribution in [0.25, 0.3) is 0 Å². The first-order valence-electron chi connectivity index (χ1n) is 19.0. The van der Waals surface area contributed by atoms with Crippen LogP contribution in [0.15, 0.2) is 72.9 Å². The van der Waals surface area contributed by atoms with E-state index in [0.717, 1.165) is 25.7 Å². The zero-order valence-corrected chi connectivity index (χ0v) is 33.0. The first kappa shape index (κ1) is 50.3. The molecule has 0 amide bonds. The van der Waals surface area contributed by atoms with Gasteiger partial charge in [-0.15, -0.1) is 0 Å². The van der Waals surface area contributed by atoms with Crippen LogP contribution < -0.4 is 0 Å². The van der Waals surface area contributed by atoms with Crippen molar-refractivity contribution >= 4 is 19.8 Å². The number of phosphoric ester groups is 1. The molecule has 0 aliphatic heterocycles. The van der Waals surface area contributed by atoms with Gasteiger partial charge in [-0.25, -0.2) is 4.57 Å². The molecule has 0 saturated carbocycles. The highest BCUT2D eigenvalue weighted by atomic mass is 31.2. The third kappa shape index (κ3) is 34.8. The maximum atomic E-state index is 12.5. The number of esters is 2. The van der Waals surface area contributed by atoms with Gasteiger partial charge in [0.15, 0.2) is 6.10 Å². The Labute approximate surface area is 317 Å². The molecule has 0 fully saturated rings. The monoisotopic (exact) mass is 770 g/mol. The van der Waals surface area contributed by atoms with Gasteiger partial charge in [-0.2, -0.15) is 0 Å². The van der Waals surface area contributed by atoms with Crippen LogP contribution in [0.5, 0.6) is 0 Å².